The second kappa shape index (κ2) is 9.15. The maximum Gasteiger partial charge on any atom is 0.222 e. The molecular weight excluding hydrogens is 308 g/mol. The van der Waals surface area contributed by atoms with E-state index in [-0.39, 0.29) is 12.0 Å². The number of morpholine rings is 1. The number of ether oxygens (including phenoxy) is 2. The molecular formula is C17H28N4O3. The topological polar surface area (TPSA) is 59.8 Å². The molecule has 2 saturated heterocycles. The average Bonchev–Trinajstić information content (AvgIpc) is 3.01. The van der Waals surface area contributed by atoms with Crippen molar-refractivity contribution >= 4 is 5.91 Å². The monoisotopic (exact) mass is 336 g/mol. The van der Waals surface area contributed by atoms with Gasteiger partial charge in [-0.05, 0) is 18.9 Å². The van der Waals surface area contributed by atoms with Crippen molar-refractivity contribution in [3.63, 3.8) is 0 Å². The van der Waals surface area contributed by atoms with Crippen LogP contribution in [0.3, 0.4) is 0 Å². The van der Waals surface area contributed by atoms with E-state index in [4.69, 9.17) is 9.47 Å². The largest absolute Gasteiger partial charge is 0.379 e. The first kappa shape index (κ1) is 17.4. The first-order valence-corrected chi connectivity index (χ1v) is 8.98. The van der Waals surface area contributed by atoms with Crippen molar-refractivity contribution in [1.29, 1.82) is 0 Å². The van der Waals surface area contributed by atoms with Gasteiger partial charge in [0.1, 0.15) is 0 Å². The van der Waals surface area contributed by atoms with Crippen LogP contribution < -0.4 is 0 Å². The quantitative estimate of drug-likeness (QED) is 0.762. The van der Waals surface area contributed by atoms with Crippen LogP contribution in [-0.2, 0) is 20.8 Å². The summed E-state index contributed by atoms with van der Waals surface area (Å²) in [4.78, 5) is 16.9. The van der Waals surface area contributed by atoms with E-state index < -0.39 is 0 Å². The van der Waals surface area contributed by atoms with Gasteiger partial charge in [0, 0.05) is 64.7 Å². The SMILES string of the molecule is O=C(CCCn1cccn1)N1CCCO[C@@H](CN2CCOCC2)C1. The van der Waals surface area contributed by atoms with Gasteiger partial charge in [-0.1, -0.05) is 0 Å². The Morgan fingerprint density at radius 3 is 2.88 bits per heavy atom. The molecule has 0 unspecified atom stereocenters. The summed E-state index contributed by atoms with van der Waals surface area (Å²) in [5, 5.41) is 4.17. The lowest BCUT2D eigenvalue weighted by Gasteiger charge is -2.31. The lowest BCUT2D eigenvalue weighted by molar-refractivity contribution is -0.132. The lowest BCUT2D eigenvalue weighted by atomic mass is 10.2. The Labute approximate surface area is 143 Å². The van der Waals surface area contributed by atoms with Crippen LogP contribution >= 0.6 is 0 Å². The molecule has 1 amide bonds. The molecule has 0 N–H and O–H groups in total. The first-order chi connectivity index (χ1) is 11.8. The second-order valence-corrected chi connectivity index (χ2v) is 6.47. The normalized spacial score (nSPS) is 23.2. The van der Waals surface area contributed by atoms with Crippen molar-refractivity contribution in [3.05, 3.63) is 18.5 Å². The average molecular weight is 336 g/mol. The number of aromatic nitrogens is 2. The van der Waals surface area contributed by atoms with Crippen LogP contribution in [0.1, 0.15) is 19.3 Å². The van der Waals surface area contributed by atoms with Gasteiger partial charge < -0.3 is 14.4 Å². The predicted octanol–water partition coefficient (Wildman–Crippen LogP) is 0.613. The summed E-state index contributed by atoms with van der Waals surface area (Å²) >= 11 is 0. The Hall–Kier alpha value is -1.44. The maximum atomic E-state index is 12.5. The van der Waals surface area contributed by atoms with Crippen molar-refractivity contribution in [2.24, 2.45) is 0 Å². The Morgan fingerprint density at radius 2 is 2.08 bits per heavy atom. The number of amides is 1. The van der Waals surface area contributed by atoms with Crippen LogP contribution in [0.2, 0.25) is 0 Å². The number of hydrogen-bond donors (Lipinski definition) is 0. The molecule has 0 saturated carbocycles. The van der Waals surface area contributed by atoms with Crippen LogP contribution in [0.5, 0.6) is 0 Å². The van der Waals surface area contributed by atoms with Crippen LogP contribution in [0.25, 0.3) is 0 Å². The van der Waals surface area contributed by atoms with E-state index in [1.165, 1.54) is 0 Å². The van der Waals surface area contributed by atoms with E-state index in [2.05, 4.69) is 10.00 Å². The molecule has 134 valence electrons. The molecule has 7 heteroatoms. The van der Waals surface area contributed by atoms with Gasteiger partial charge in [-0.3, -0.25) is 14.4 Å². The summed E-state index contributed by atoms with van der Waals surface area (Å²) in [5.41, 5.74) is 0. The van der Waals surface area contributed by atoms with Crippen LogP contribution in [0, 0.1) is 0 Å². The molecule has 1 aromatic rings. The highest BCUT2D eigenvalue weighted by atomic mass is 16.5. The fraction of sp³-hybridized carbons (Fsp3) is 0.765. The molecule has 1 atom stereocenters. The number of rotatable bonds is 6. The summed E-state index contributed by atoms with van der Waals surface area (Å²) in [5.74, 6) is 0.236. The predicted molar refractivity (Wildman–Crippen MR) is 89.7 cm³/mol. The van der Waals surface area contributed by atoms with Gasteiger partial charge in [0.25, 0.3) is 0 Å². The summed E-state index contributed by atoms with van der Waals surface area (Å²) in [7, 11) is 0. The van der Waals surface area contributed by atoms with Crippen molar-refractivity contribution in [3.8, 4) is 0 Å². The Kier molecular flexibility index (Phi) is 6.63. The van der Waals surface area contributed by atoms with E-state index in [9.17, 15) is 4.79 Å². The maximum absolute atomic E-state index is 12.5. The highest BCUT2D eigenvalue weighted by molar-refractivity contribution is 5.76. The molecule has 0 aliphatic carbocycles. The van der Waals surface area contributed by atoms with Gasteiger partial charge in [-0.25, -0.2) is 0 Å². The minimum atomic E-state index is 0.112. The molecule has 0 radical (unpaired) electrons. The zero-order chi connectivity index (χ0) is 16.6. The van der Waals surface area contributed by atoms with E-state index >= 15 is 0 Å². The highest BCUT2D eigenvalue weighted by Gasteiger charge is 2.24. The van der Waals surface area contributed by atoms with Gasteiger partial charge in [0.2, 0.25) is 5.91 Å². The molecule has 1 aromatic heterocycles. The Bertz CT molecular complexity index is 488. The highest BCUT2D eigenvalue weighted by Crippen LogP contribution is 2.11. The minimum absolute atomic E-state index is 0.112. The fourth-order valence-electron chi connectivity index (χ4n) is 3.29. The van der Waals surface area contributed by atoms with Crippen molar-refractivity contribution in [1.82, 2.24) is 19.6 Å². The number of carbonyl (C=O) groups excluding carboxylic acids is 1. The van der Waals surface area contributed by atoms with Crippen molar-refractivity contribution in [2.75, 3.05) is 52.5 Å². The summed E-state index contributed by atoms with van der Waals surface area (Å²) in [6.45, 7) is 7.44. The fourth-order valence-corrected chi connectivity index (χ4v) is 3.29. The Morgan fingerprint density at radius 1 is 1.21 bits per heavy atom. The number of aryl methyl sites for hydroxylation is 1. The molecule has 2 aliphatic heterocycles. The first-order valence-electron chi connectivity index (χ1n) is 8.98. The van der Waals surface area contributed by atoms with E-state index in [1.54, 1.807) is 6.20 Å². The van der Waals surface area contributed by atoms with E-state index in [1.807, 2.05) is 21.8 Å². The molecule has 2 fully saturated rings. The molecule has 0 spiro atoms. The number of nitrogens with zero attached hydrogens (tertiary/aromatic N) is 4. The van der Waals surface area contributed by atoms with E-state index in [0.717, 1.165) is 65.4 Å². The van der Waals surface area contributed by atoms with Gasteiger partial charge in [0.15, 0.2) is 0 Å². The van der Waals surface area contributed by atoms with Gasteiger partial charge >= 0.3 is 0 Å². The standard InChI is InChI=1S/C17H28N4O3/c22-17(4-1-7-21-8-2-5-18-21)20-6-3-11-24-16(15-20)14-19-9-12-23-13-10-19/h2,5,8,16H,1,3-4,6-7,9-15H2/t16-/m0/s1. The molecule has 3 heterocycles. The van der Waals surface area contributed by atoms with Crippen molar-refractivity contribution in [2.45, 2.75) is 31.9 Å². The third kappa shape index (κ3) is 5.29. The van der Waals surface area contributed by atoms with Gasteiger partial charge in [-0.15, -0.1) is 0 Å². The van der Waals surface area contributed by atoms with Crippen molar-refractivity contribution < 1.29 is 14.3 Å². The number of hydrogen-bond acceptors (Lipinski definition) is 5. The molecule has 0 bridgehead atoms. The zero-order valence-corrected chi connectivity index (χ0v) is 14.3. The molecule has 7 nitrogen and oxygen atoms in total. The zero-order valence-electron chi connectivity index (χ0n) is 14.3. The third-order valence-corrected chi connectivity index (χ3v) is 4.61. The number of carbonyl (C=O) groups is 1. The Balaban J connectivity index is 1.43. The summed E-state index contributed by atoms with van der Waals surface area (Å²) < 4.78 is 13.2. The third-order valence-electron chi connectivity index (χ3n) is 4.61. The van der Waals surface area contributed by atoms with Crippen LogP contribution in [0.15, 0.2) is 18.5 Å². The smallest absolute Gasteiger partial charge is 0.222 e. The second-order valence-electron chi connectivity index (χ2n) is 6.47. The van der Waals surface area contributed by atoms with Gasteiger partial charge in [-0.2, -0.15) is 5.10 Å². The van der Waals surface area contributed by atoms with Gasteiger partial charge in [0.05, 0.1) is 19.3 Å². The van der Waals surface area contributed by atoms with Crippen LogP contribution in [-0.4, -0.2) is 84.1 Å². The van der Waals surface area contributed by atoms with E-state index in [0.29, 0.717) is 13.0 Å². The molecule has 0 aromatic carbocycles. The minimum Gasteiger partial charge on any atom is -0.379 e. The molecule has 3 rings (SSSR count). The molecule has 2 aliphatic rings. The summed E-state index contributed by atoms with van der Waals surface area (Å²) in [6, 6.07) is 1.91. The lowest BCUT2D eigenvalue weighted by Crippen LogP contribution is -2.45. The summed E-state index contributed by atoms with van der Waals surface area (Å²) in [6.07, 6.45) is 6.13. The van der Waals surface area contributed by atoms with Crippen LogP contribution in [0.4, 0.5) is 0 Å². The molecule has 24 heavy (non-hydrogen) atoms.